The van der Waals surface area contributed by atoms with Crippen molar-refractivity contribution in [3.05, 3.63) is 97.2 Å². The maximum Gasteiger partial charge on any atom is 0.268 e. The number of quaternary nitrogens is 1. The zero-order valence-electron chi connectivity index (χ0n) is 42.4. The number of phosphoric acid groups is 1. The highest BCUT2D eigenvalue weighted by atomic mass is 31.2. The molecular weight excluding hydrogens is 828 g/mol. The average molecular weight is 927 g/mol. The number of unbranched alkanes of at least 4 members (excludes halogenated alkanes) is 19. The maximum absolute atomic E-state index is 12.9. The van der Waals surface area contributed by atoms with Gasteiger partial charge in [0, 0.05) is 6.42 Å². The van der Waals surface area contributed by atoms with Crippen LogP contribution in [0.25, 0.3) is 0 Å². The summed E-state index contributed by atoms with van der Waals surface area (Å²) >= 11 is 0. The molecule has 0 bridgehead atoms. The number of nitrogens with one attached hydrogen (secondary N) is 1. The molecule has 374 valence electrons. The molecule has 0 saturated carbocycles. The summed E-state index contributed by atoms with van der Waals surface area (Å²) in [6, 6.07) is -0.892. The molecule has 0 aromatic rings. The third-order valence-electron chi connectivity index (χ3n) is 11.0. The minimum Gasteiger partial charge on any atom is -0.756 e. The van der Waals surface area contributed by atoms with Crippen molar-refractivity contribution in [2.45, 2.75) is 212 Å². The van der Waals surface area contributed by atoms with Crippen LogP contribution in [0.4, 0.5) is 0 Å². The van der Waals surface area contributed by atoms with Gasteiger partial charge in [0.1, 0.15) is 13.2 Å². The quantitative estimate of drug-likeness (QED) is 0.0272. The molecule has 0 saturated heterocycles. The van der Waals surface area contributed by atoms with Crippen molar-refractivity contribution in [1.82, 2.24) is 5.32 Å². The fourth-order valence-electron chi connectivity index (χ4n) is 6.96. The third kappa shape index (κ3) is 49.2. The summed E-state index contributed by atoms with van der Waals surface area (Å²) in [5, 5.41) is 13.8. The lowest BCUT2D eigenvalue weighted by atomic mass is 10.0. The first kappa shape index (κ1) is 62.4. The van der Waals surface area contributed by atoms with Crippen molar-refractivity contribution in [3.63, 3.8) is 0 Å². The van der Waals surface area contributed by atoms with E-state index in [1.54, 1.807) is 6.08 Å². The Labute approximate surface area is 400 Å². The molecule has 2 N–H and O–H groups in total. The monoisotopic (exact) mass is 927 g/mol. The van der Waals surface area contributed by atoms with Crippen LogP contribution in [-0.2, 0) is 18.4 Å². The fraction of sp³-hybridized carbons (Fsp3) is 0.696. The summed E-state index contributed by atoms with van der Waals surface area (Å²) in [5.41, 5.74) is 0. The molecule has 3 unspecified atom stereocenters. The van der Waals surface area contributed by atoms with Gasteiger partial charge in [-0.05, 0) is 77.0 Å². The molecule has 0 heterocycles. The van der Waals surface area contributed by atoms with E-state index in [9.17, 15) is 19.4 Å². The molecule has 0 aromatic heterocycles. The summed E-state index contributed by atoms with van der Waals surface area (Å²) in [4.78, 5) is 25.3. The van der Waals surface area contributed by atoms with Crippen molar-refractivity contribution >= 4 is 13.7 Å². The van der Waals surface area contributed by atoms with E-state index in [-0.39, 0.29) is 19.1 Å². The lowest BCUT2D eigenvalue weighted by molar-refractivity contribution is -0.870. The van der Waals surface area contributed by atoms with Gasteiger partial charge < -0.3 is 28.8 Å². The molecule has 0 rings (SSSR count). The summed E-state index contributed by atoms with van der Waals surface area (Å²) in [5.74, 6) is -0.207. The van der Waals surface area contributed by atoms with E-state index in [2.05, 4.69) is 104 Å². The van der Waals surface area contributed by atoms with Crippen LogP contribution in [0.5, 0.6) is 0 Å². The number of rotatable bonds is 46. The summed E-state index contributed by atoms with van der Waals surface area (Å²) < 4.78 is 23.2. The molecule has 0 spiro atoms. The van der Waals surface area contributed by atoms with Gasteiger partial charge in [-0.1, -0.05) is 214 Å². The molecule has 3 atom stereocenters. The predicted molar refractivity (Wildman–Crippen MR) is 279 cm³/mol. The number of hydrogen-bond donors (Lipinski definition) is 2. The number of likely N-dealkylation sites (N-methyl/N-ethyl adjacent to an activating group) is 1. The molecule has 1 amide bonds. The van der Waals surface area contributed by atoms with Crippen LogP contribution in [0.2, 0.25) is 0 Å². The molecule has 0 fully saturated rings. The molecule has 9 heteroatoms. The van der Waals surface area contributed by atoms with E-state index in [1.807, 2.05) is 27.2 Å². The molecule has 0 aromatic carbocycles. The van der Waals surface area contributed by atoms with Crippen molar-refractivity contribution in [3.8, 4) is 0 Å². The Kier molecular flexibility index (Phi) is 44.7. The topological polar surface area (TPSA) is 108 Å². The second kappa shape index (κ2) is 46.5. The van der Waals surface area contributed by atoms with Crippen LogP contribution in [0.15, 0.2) is 97.2 Å². The molecule has 0 radical (unpaired) electrons. The third-order valence-corrected chi connectivity index (χ3v) is 12.0. The van der Waals surface area contributed by atoms with Gasteiger partial charge in [-0.25, -0.2) is 0 Å². The average Bonchev–Trinajstić information content (AvgIpc) is 3.26. The molecule has 0 aliphatic rings. The largest absolute Gasteiger partial charge is 0.756 e. The van der Waals surface area contributed by atoms with Crippen LogP contribution in [0, 0.1) is 0 Å². The fourth-order valence-corrected chi connectivity index (χ4v) is 7.68. The zero-order valence-corrected chi connectivity index (χ0v) is 43.3. The molecular formula is C56H99N2O6P. The van der Waals surface area contributed by atoms with Crippen molar-refractivity contribution in [2.24, 2.45) is 0 Å². The first-order chi connectivity index (χ1) is 31.5. The maximum atomic E-state index is 12.9. The van der Waals surface area contributed by atoms with E-state index in [0.29, 0.717) is 17.4 Å². The van der Waals surface area contributed by atoms with Crippen molar-refractivity contribution in [1.29, 1.82) is 0 Å². The van der Waals surface area contributed by atoms with Gasteiger partial charge in [-0.2, -0.15) is 0 Å². The first-order valence-corrected chi connectivity index (χ1v) is 27.6. The smallest absolute Gasteiger partial charge is 0.268 e. The van der Waals surface area contributed by atoms with Gasteiger partial charge in [0.15, 0.2) is 0 Å². The van der Waals surface area contributed by atoms with Crippen LogP contribution < -0.4 is 10.2 Å². The Balaban J connectivity index is 4.10. The number of amides is 1. The Morgan fingerprint density at radius 2 is 0.938 bits per heavy atom. The number of carbonyl (C=O) groups excluding carboxylic acids is 1. The lowest BCUT2D eigenvalue weighted by Crippen LogP contribution is -2.45. The first-order valence-electron chi connectivity index (χ1n) is 26.1. The second-order valence-corrected chi connectivity index (χ2v) is 19.9. The van der Waals surface area contributed by atoms with Gasteiger partial charge in [-0.3, -0.25) is 9.36 Å². The van der Waals surface area contributed by atoms with E-state index in [1.165, 1.54) is 96.3 Å². The Morgan fingerprint density at radius 1 is 0.554 bits per heavy atom. The number of phosphoric ester groups is 1. The highest BCUT2D eigenvalue weighted by Gasteiger charge is 2.23. The number of carbonyl (C=O) groups is 1. The number of allylic oxidation sites excluding steroid dienone is 15. The second-order valence-electron chi connectivity index (χ2n) is 18.5. The SMILES string of the molecule is CC/C=C\C/C=C\C/C=C\C/C=C\C/C=C\C/C=C\C/C=C\CCCCCCCCCCCCCC(=O)NC(COP(=O)([O-])OCC[N+](C)(C)C)C(O)/C=C/CCCCCCCCCC. The highest BCUT2D eigenvalue weighted by Crippen LogP contribution is 2.38. The zero-order chi connectivity index (χ0) is 47.8. The predicted octanol–water partition coefficient (Wildman–Crippen LogP) is 14.8. The minimum atomic E-state index is -4.59. The van der Waals surface area contributed by atoms with Crippen molar-refractivity contribution < 1.29 is 32.9 Å². The van der Waals surface area contributed by atoms with Crippen LogP contribution >= 0.6 is 7.82 Å². The highest BCUT2D eigenvalue weighted by molar-refractivity contribution is 7.45. The van der Waals surface area contributed by atoms with E-state index in [4.69, 9.17) is 9.05 Å². The van der Waals surface area contributed by atoms with Crippen LogP contribution in [-0.4, -0.2) is 68.5 Å². The van der Waals surface area contributed by atoms with E-state index >= 15 is 0 Å². The summed E-state index contributed by atoms with van der Waals surface area (Å²) in [7, 11) is 1.25. The molecule has 65 heavy (non-hydrogen) atoms. The Hall–Kier alpha value is -2.58. The van der Waals surface area contributed by atoms with Crippen LogP contribution in [0.3, 0.4) is 0 Å². The number of hydrogen-bond acceptors (Lipinski definition) is 6. The minimum absolute atomic E-state index is 0.00585. The van der Waals surface area contributed by atoms with Crippen molar-refractivity contribution in [2.75, 3.05) is 40.9 Å². The van der Waals surface area contributed by atoms with E-state index in [0.717, 1.165) is 83.5 Å². The summed E-state index contributed by atoms with van der Waals surface area (Å²) in [6.45, 7) is 4.49. The summed E-state index contributed by atoms with van der Waals surface area (Å²) in [6.07, 6.45) is 66.2. The number of aliphatic hydroxyl groups is 1. The van der Waals surface area contributed by atoms with Gasteiger partial charge in [0.2, 0.25) is 5.91 Å². The standard InChI is InChI=1S/C56H99N2O6P/c1-6-8-10-12-14-16-18-19-20-21-22-23-24-25-26-27-28-29-30-31-32-33-34-35-36-37-38-39-40-42-44-46-48-50-56(60)57-54(53-64-65(61,62)63-52-51-58(3,4)5)55(59)49-47-45-43-41-17-15-13-11-9-7-2/h8,10,14,16,19-20,22-23,25-26,28-29,31-32,47,49,54-55,59H,6-7,9,11-13,15,17-18,21,24,27,30,33-46,48,50-53H2,1-5H3,(H-,57,60,61,62)/b10-8-,16-14-,20-19-,23-22-,26-25-,29-28-,32-31-,49-47+. The molecule has 0 aliphatic heterocycles. The Bertz CT molecular complexity index is 1370. The van der Waals surface area contributed by atoms with Gasteiger partial charge in [0.25, 0.3) is 7.82 Å². The molecule has 0 aliphatic carbocycles. The number of nitrogens with zero attached hydrogens (tertiary/aromatic N) is 1. The van der Waals surface area contributed by atoms with Gasteiger partial charge in [0.05, 0.1) is 39.9 Å². The van der Waals surface area contributed by atoms with E-state index < -0.39 is 20.0 Å². The number of aliphatic hydroxyl groups excluding tert-OH is 1. The van der Waals surface area contributed by atoms with Crippen LogP contribution in [0.1, 0.15) is 200 Å². The molecule has 8 nitrogen and oxygen atoms in total. The lowest BCUT2D eigenvalue weighted by Gasteiger charge is -2.29. The normalized spacial score (nSPS) is 14.9. The van der Waals surface area contributed by atoms with Gasteiger partial charge in [-0.15, -0.1) is 0 Å². The Morgan fingerprint density at radius 3 is 1.37 bits per heavy atom. The van der Waals surface area contributed by atoms with Gasteiger partial charge >= 0.3 is 0 Å².